The summed E-state index contributed by atoms with van der Waals surface area (Å²) < 4.78 is 0. The molecule has 0 bridgehead atoms. The number of hydrogen-bond donors (Lipinski definition) is 0. The Morgan fingerprint density at radius 3 is 1.73 bits per heavy atom. The molecular weight excluding hydrogens is 245 g/mol. The van der Waals surface area contributed by atoms with E-state index < -0.39 is 0 Å². The van der Waals surface area contributed by atoms with Crippen LogP contribution in [-0.2, 0) is 15.1 Å². The second-order valence-electron chi connectivity index (χ2n) is 1.70. The van der Waals surface area contributed by atoms with Crippen LogP contribution in [0.15, 0.2) is 18.2 Å². The van der Waals surface area contributed by atoms with Crippen molar-refractivity contribution in [3.05, 3.63) is 40.7 Å². The predicted octanol–water partition coefficient (Wildman–Crippen LogP) is 3.86. The summed E-state index contributed by atoms with van der Waals surface area (Å²) in [6.07, 6.45) is 0. The first kappa shape index (κ1) is 11.5. The van der Waals surface area contributed by atoms with Gasteiger partial charge in [-0.1, -0.05) is 16.1 Å². The zero-order valence-electron chi connectivity index (χ0n) is 5.45. The van der Waals surface area contributed by atoms with Crippen LogP contribution in [0.4, 0.5) is 0 Å². The van der Waals surface area contributed by atoms with Crippen LogP contribution < -0.4 is 0 Å². The average molecular weight is 250 g/mol. The van der Waals surface area contributed by atoms with E-state index in [1.807, 2.05) is 0 Å². The quantitative estimate of drug-likeness (QED) is 0.484. The van der Waals surface area contributed by atoms with E-state index in [0.29, 0.717) is 15.6 Å². The summed E-state index contributed by atoms with van der Waals surface area (Å²) in [4.78, 5) is 0. The van der Waals surface area contributed by atoms with Crippen LogP contribution in [0, 0.1) is 6.92 Å². The zero-order chi connectivity index (χ0) is 8.85. The van der Waals surface area contributed by atoms with Crippen molar-refractivity contribution in [3.8, 4) is 0 Å². The van der Waals surface area contributed by atoms with E-state index in [-0.39, 0.29) is 0 Å². The Kier molecular flexibility index (Phi) is 6.31. The minimum absolute atomic E-state index is 0.613. The second kappa shape index (κ2) is 6.05. The molecule has 0 amide bonds. The molecular formula is C7H5Cl3Mn. The predicted molar refractivity (Wildman–Crippen MR) is 46.8 cm³/mol. The summed E-state index contributed by atoms with van der Waals surface area (Å²) in [6, 6.07) is 5.31. The zero-order valence-corrected chi connectivity index (χ0v) is 8.90. The minimum atomic E-state index is 0.613. The van der Waals surface area contributed by atoms with Crippen molar-refractivity contribution in [2.24, 2.45) is 0 Å². The molecule has 0 saturated heterocycles. The van der Waals surface area contributed by atoms with Crippen LogP contribution in [0.2, 0.25) is 10.0 Å². The van der Waals surface area contributed by atoms with Gasteiger partial charge in [0, 0.05) is 0 Å². The summed E-state index contributed by atoms with van der Waals surface area (Å²) in [6.45, 7) is 3.66. The van der Waals surface area contributed by atoms with Gasteiger partial charge in [-0.3, -0.25) is 0 Å². The first-order valence-corrected chi connectivity index (χ1v) is 5.00. The summed E-state index contributed by atoms with van der Waals surface area (Å²) in [7, 11) is 4.45. The van der Waals surface area contributed by atoms with E-state index in [1.165, 1.54) is 0 Å². The van der Waals surface area contributed by atoms with Crippen LogP contribution >= 0.6 is 33.3 Å². The van der Waals surface area contributed by atoms with Crippen LogP contribution in [0.5, 0.6) is 0 Å². The van der Waals surface area contributed by atoms with E-state index >= 15 is 0 Å². The van der Waals surface area contributed by atoms with Gasteiger partial charge in [-0.15, -0.1) is 12.1 Å². The van der Waals surface area contributed by atoms with E-state index in [0.717, 1.165) is 0 Å². The molecule has 0 unspecified atom stereocenters. The molecule has 11 heavy (non-hydrogen) atoms. The Morgan fingerprint density at radius 1 is 1.09 bits per heavy atom. The molecule has 0 aliphatic carbocycles. The van der Waals surface area contributed by atoms with Gasteiger partial charge in [-0.25, -0.2) is 0 Å². The molecule has 0 aliphatic rings. The number of hydrogen-bond acceptors (Lipinski definition) is 0. The van der Waals surface area contributed by atoms with Crippen LogP contribution in [0.3, 0.4) is 0 Å². The van der Waals surface area contributed by atoms with Gasteiger partial charge in [0.15, 0.2) is 0 Å². The van der Waals surface area contributed by atoms with E-state index in [2.05, 4.69) is 32.1 Å². The van der Waals surface area contributed by atoms with Crippen molar-refractivity contribution < 1.29 is 15.1 Å². The third kappa shape index (κ3) is 3.59. The number of halogens is 3. The van der Waals surface area contributed by atoms with Gasteiger partial charge in [0.05, 0.1) is 0 Å². The number of benzene rings is 1. The van der Waals surface area contributed by atoms with Crippen LogP contribution in [0.25, 0.3) is 0 Å². The molecule has 0 N–H and O–H groups in total. The standard InChI is InChI=1S/C7H5Cl2.ClH.Mn/c1-5-6(8)3-2-4-7(5)9;;/h2-4H,1H2;1H;/q-1;;+2/p-1. The van der Waals surface area contributed by atoms with E-state index in [9.17, 15) is 0 Å². The van der Waals surface area contributed by atoms with Crippen molar-refractivity contribution in [1.82, 2.24) is 0 Å². The van der Waals surface area contributed by atoms with Gasteiger partial charge in [0.1, 0.15) is 0 Å². The first-order valence-electron chi connectivity index (χ1n) is 2.62. The average Bonchev–Trinajstić information content (AvgIpc) is 2.04. The SMILES string of the molecule is [CH2-]c1c(Cl)cccc1Cl.[Cl][Mn+]. The first-order chi connectivity index (χ1) is 5.22. The molecule has 0 aliphatic heterocycles. The van der Waals surface area contributed by atoms with Crippen molar-refractivity contribution >= 4 is 33.3 Å². The number of rotatable bonds is 0. The molecule has 4 heteroatoms. The third-order valence-corrected chi connectivity index (χ3v) is 1.77. The van der Waals surface area contributed by atoms with Gasteiger partial charge in [0.2, 0.25) is 0 Å². The van der Waals surface area contributed by atoms with E-state index in [4.69, 9.17) is 23.2 Å². The van der Waals surface area contributed by atoms with Gasteiger partial charge in [-0.2, -0.15) is 35.7 Å². The molecule has 0 nitrogen and oxygen atoms in total. The maximum absolute atomic E-state index is 5.67. The molecule has 1 rings (SSSR count). The monoisotopic (exact) mass is 249 g/mol. The normalized spacial score (nSPS) is 8.27. The fraction of sp³-hybridized carbons (Fsp3) is 0. The Hall–Kier alpha value is 0.479. The van der Waals surface area contributed by atoms with Crippen molar-refractivity contribution in [1.29, 1.82) is 0 Å². The van der Waals surface area contributed by atoms with Crippen molar-refractivity contribution in [2.75, 3.05) is 0 Å². The fourth-order valence-corrected chi connectivity index (χ4v) is 0.930. The molecule has 0 spiro atoms. The third-order valence-electron chi connectivity index (χ3n) is 1.06. The molecule has 1 aromatic carbocycles. The topological polar surface area (TPSA) is 0 Å². The van der Waals surface area contributed by atoms with Crippen LogP contribution in [0.1, 0.15) is 5.56 Å². The van der Waals surface area contributed by atoms with Gasteiger partial charge >= 0.3 is 25.2 Å². The fourth-order valence-electron chi connectivity index (χ4n) is 0.532. The van der Waals surface area contributed by atoms with Crippen molar-refractivity contribution in [3.63, 3.8) is 0 Å². The van der Waals surface area contributed by atoms with Gasteiger partial charge in [0.25, 0.3) is 0 Å². The molecule has 0 heterocycles. The van der Waals surface area contributed by atoms with Gasteiger partial charge < -0.3 is 0 Å². The second-order valence-corrected chi connectivity index (χ2v) is 2.51. The van der Waals surface area contributed by atoms with Crippen LogP contribution in [-0.4, -0.2) is 0 Å². The Bertz CT molecular complexity index is 205. The molecule has 1 aromatic rings. The molecule has 0 radical (unpaired) electrons. The van der Waals surface area contributed by atoms with Gasteiger partial charge in [-0.05, 0) is 0 Å². The van der Waals surface area contributed by atoms with E-state index in [1.54, 1.807) is 18.2 Å². The molecule has 0 atom stereocenters. The molecule has 0 saturated carbocycles. The van der Waals surface area contributed by atoms with Crippen molar-refractivity contribution in [2.45, 2.75) is 0 Å². The summed E-state index contributed by atoms with van der Waals surface area (Å²) in [5.74, 6) is 0. The molecule has 0 fully saturated rings. The summed E-state index contributed by atoms with van der Waals surface area (Å²) in [5, 5.41) is 1.23. The maximum atomic E-state index is 5.67. The summed E-state index contributed by atoms with van der Waals surface area (Å²) >= 11 is 13.7. The Balaban J connectivity index is 0.000000461. The Morgan fingerprint density at radius 2 is 1.45 bits per heavy atom. The molecule has 0 aromatic heterocycles. The Labute approximate surface area is 88.9 Å². The summed E-state index contributed by atoms with van der Waals surface area (Å²) in [5.41, 5.74) is 0.695. The molecule has 61 valence electrons.